The molecule has 0 unspecified atom stereocenters. The van der Waals surface area contributed by atoms with Crippen LogP contribution in [0.25, 0.3) is 0 Å². The highest BCUT2D eigenvalue weighted by atomic mass is 35.5. The minimum atomic E-state index is -1.53. The van der Waals surface area contributed by atoms with Crippen LogP contribution in [-0.4, -0.2) is 34.8 Å². The molecule has 0 aliphatic rings. The van der Waals surface area contributed by atoms with E-state index in [9.17, 15) is 15.0 Å². The van der Waals surface area contributed by atoms with Gasteiger partial charge in [0.2, 0.25) is 0 Å². The second-order valence-corrected chi connectivity index (χ2v) is 5.32. The molecule has 0 radical (unpaired) electrons. The SMILES string of the molecule is O=C(c1ccc(Cl)cc1)[C@@H](O)[C@H](O)COCc1ccccc1. The van der Waals surface area contributed by atoms with Crippen molar-refractivity contribution < 1.29 is 19.7 Å². The van der Waals surface area contributed by atoms with Crippen LogP contribution in [-0.2, 0) is 11.3 Å². The number of aliphatic hydroxyl groups is 2. The monoisotopic (exact) mass is 320 g/mol. The number of benzene rings is 2. The van der Waals surface area contributed by atoms with Crippen molar-refractivity contribution in [1.82, 2.24) is 0 Å². The first-order valence-corrected chi connectivity index (χ1v) is 7.23. The van der Waals surface area contributed by atoms with Gasteiger partial charge in [-0.1, -0.05) is 41.9 Å². The summed E-state index contributed by atoms with van der Waals surface area (Å²) in [6.07, 6.45) is -2.82. The van der Waals surface area contributed by atoms with Crippen LogP contribution in [0.3, 0.4) is 0 Å². The summed E-state index contributed by atoms with van der Waals surface area (Å²) < 4.78 is 5.32. The van der Waals surface area contributed by atoms with Crippen molar-refractivity contribution in [2.75, 3.05) is 6.61 Å². The van der Waals surface area contributed by atoms with E-state index in [1.807, 2.05) is 30.3 Å². The van der Waals surface area contributed by atoms with E-state index < -0.39 is 18.0 Å². The second-order valence-electron chi connectivity index (χ2n) is 4.88. The van der Waals surface area contributed by atoms with Crippen LogP contribution in [0, 0.1) is 0 Å². The summed E-state index contributed by atoms with van der Waals surface area (Å²) in [6, 6.07) is 15.6. The Morgan fingerprint density at radius 3 is 2.32 bits per heavy atom. The Hall–Kier alpha value is -1.72. The Morgan fingerprint density at radius 2 is 1.68 bits per heavy atom. The zero-order valence-corrected chi connectivity index (χ0v) is 12.6. The Bertz CT molecular complexity index is 598. The fourth-order valence-electron chi connectivity index (χ4n) is 1.92. The Kier molecular flexibility index (Phi) is 6.10. The molecular weight excluding hydrogens is 304 g/mol. The molecule has 0 saturated heterocycles. The Labute approximate surface area is 133 Å². The van der Waals surface area contributed by atoms with E-state index in [1.54, 1.807) is 12.1 Å². The molecule has 4 nitrogen and oxygen atoms in total. The predicted molar refractivity (Wildman–Crippen MR) is 83.9 cm³/mol. The van der Waals surface area contributed by atoms with Crippen molar-refractivity contribution in [2.24, 2.45) is 0 Å². The molecular formula is C17H17ClO4. The molecule has 0 amide bonds. The summed E-state index contributed by atoms with van der Waals surface area (Å²) in [5.74, 6) is -0.563. The van der Waals surface area contributed by atoms with Gasteiger partial charge in [0, 0.05) is 10.6 Å². The van der Waals surface area contributed by atoms with Crippen LogP contribution in [0.5, 0.6) is 0 Å². The van der Waals surface area contributed by atoms with Gasteiger partial charge < -0.3 is 14.9 Å². The van der Waals surface area contributed by atoms with E-state index in [2.05, 4.69) is 0 Å². The van der Waals surface area contributed by atoms with Crippen molar-refractivity contribution in [2.45, 2.75) is 18.8 Å². The van der Waals surface area contributed by atoms with E-state index in [1.165, 1.54) is 12.1 Å². The minimum Gasteiger partial charge on any atom is -0.388 e. The summed E-state index contributed by atoms with van der Waals surface area (Å²) in [7, 11) is 0. The number of halogens is 1. The molecule has 2 atom stereocenters. The van der Waals surface area contributed by atoms with Gasteiger partial charge in [0.1, 0.15) is 12.2 Å². The van der Waals surface area contributed by atoms with Gasteiger partial charge in [-0.2, -0.15) is 0 Å². The molecule has 2 aromatic rings. The van der Waals surface area contributed by atoms with E-state index in [0.29, 0.717) is 17.2 Å². The fraction of sp³-hybridized carbons (Fsp3) is 0.235. The maximum atomic E-state index is 12.0. The average molecular weight is 321 g/mol. The lowest BCUT2D eigenvalue weighted by molar-refractivity contribution is -0.0317. The van der Waals surface area contributed by atoms with Gasteiger partial charge in [-0.25, -0.2) is 0 Å². The molecule has 0 aliphatic heterocycles. The first-order chi connectivity index (χ1) is 10.6. The molecule has 5 heteroatoms. The van der Waals surface area contributed by atoms with Gasteiger partial charge in [0.15, 0.2) is 5.78 Å². The van der Waals surface area contributed by atoms with Gasteiger partial charge in [-0.15, -0.1) is 0 Å². The van der Waals surface area contributed by atoms with E-state index in [-0.39, 0.29) is 6.61 Å². The molecule has 0 saturated carbocycles. The highest BCUT2D eigenvalue weighted by molar-refractivity contribution is 6.30. The summed E-state index contributed by atoms with van der Waals surface area (Å²) in [4.78, 5) is 12.0. The number of carbonyl (C=O) groups excluding carboxylic acids is 1. The molecule has 2 N–H and O–H groups in total. The number of hydrogen-bond donors (Lipinski definition) is 2. The van der Waals surface area contributed by atoms with Crippen molar-refractivity contribution in [3.05, 3.63) is 70.7 Å². The maximum Gasteiger partial charge on any atom is 0.194 e. The largest absolute Gasteiger partial charge is 0.388 e. The highest BCUT2D eigenvalue weighted by Crippen LogP contribution is 2.13. The number of ether oxygens (including phenoxy) is 1. The van der Waals surface area contributed by atoms with E-state index in [4.69, 9.17) is 16.3 Å². The van der Waals surface area contributed by atoms with E-state index >= 15 is 0 Å². The van der Waals surface area contributed by atoms with Crippen molar-refractivity contribution >= 4 is 17.4 Å². The summed E-state index contributed by atoms with van der Waals surface area (Å²) in [5.41, 5.74) is 1.24. The second kappa shape index (κ2) is 8.06. The highest BCUT2D eigenvalue weighted by Gasteiger charge is 2.25. The molecule has 116 valence electrons. The smallest absolute Gasteiger partial charge is 0.194 e. The maximum absolute atomic E-state index is 12.0. The first-order valence-electron chi connectivity index (χ1n) is 6.85. The third-order valence-corrected chi connectivity index (χ3v) is 3.41. The molecule has 2 rings (SSSR count). The first kappa shape index (κ1) is 16.6. The standard InChI is InChI=1S/C17H17ClO4/c18-14-8-6-13(7-9-14)16(20)17(21)15(19)11-22-10-12-4-2-1-3-5-12/h1-9,15,17,19,21H,10-11H2/t15-,17+/m1/s1. The molecule has 0 spiro atoms. The van der Waals surface area contributed by atoms with Crippen LogP contribution in [0.2, 0.25) is 5.02 Å². The molecule has 2 aromatic carbocycles. The van der Waals surface area contributed by atoms with Crippen molar-refractivity contribution in [1.29, 1.82) is 0 Å². The number of aliphatic hydroxyl groups excluding tert-OH is 2. The van der Waals surface area contributed by atoms with Crippen molar-refractivity contribution in [3.63, 3.8) is 0 Å². The van der Waals surface area contributed by atoms with Gasteiger partial charge in [-0.3, -0.25) is 4.79 Å². The average Bonchev–Trinajstić information content (AvgIpc) is 2.55. The quantitative estimate of drug-likeness (QED) is 0.769. The lowest BCUT2D eigenvalue weighted by Crippen LogP contribution is -2.37. The van der Waals surface area contributed by atoms with E-state index in [0.717, 1.165) is 5.56 Å². The molecule has 0 bridgehead atoms. The predicted octanol–water partition coefficient (Wildman–Crippen LogP) is 2.46. The summed E-state index contributed by atoms with van der Waals surface area (Å²) >= 11 is 5.74. The summed E-state index contributed by atoms with van der Waals surface area (Å²) in [5, 5.41) is 20.3. The third kappa shape index (κ3) is 4.64. The number of rotatable bonds is 7. The molecule has 22 heavy (non-hydrogen) atoms. The van der Waals surface area contributed by atoms with Crippen LogP contribution in [0.4, 0.5) is 0 Å². The molecule has 0 fully saturated rings. The number of ketones is 1. The lowest BCUT2D eigenvalue weighted by atomic mass is 10.0. The van der Waals surface area contributed by atoms with Gasteiger partial charge in [0.05, 0.1) is 13.2 Å². The topological polar surface area (TPSA) is 66.8 Å². The Morgan fingerprint density at radius 1 is 1.05 bits per heavy atom. The number of Topliss-reactive ketones (excluding diaryl/α,β-unsaturated/α-hetero) is 1. The third-order valence-electron chi connectivity index (χ3n) is 3.16. The number of carbonyl (C=O) groups is 1. The zero-order valence-electron chi connectivity index (χ0n) is 11.9. The van der Waals surface area contributed by atoms with Gasteiger partial charge >= 0.3 is 0 Å². The molecule has 0 aromatic heterocycles. The zero-order chi connectivity index (χ0) is 15.9. The van der Waals surface area contributed by atoms with Crippen LogP contribution >= 0.6 is 11.6 Å². The van der Waals surface area contributed by atoms with Crippen molar-refractivity contribution in [3.8, 4) is 0 Å². The minimum absolute atomic E-state index is 0.130. The summed E-state index contributed by atoms with van der Waals surface area (Å²) in [6.45, 7) is 0.176. The van der Waals surface area contributed by atoms with Crippen LogP contribution in [0.1, 0.15) is 15.9 Å². The van der Waals surface area contributed by atoms with Crippen LogP contribution in [0.15, 0.2) is 54.6 Å². The fourth-order valence-corrected chi connectivity index (χ4v) is 2.05. The number of hydrogen-bond acceptors (Lipinski definition) is 4. The lowest BCUT2D eigenvalue weighted by Gasteiger charge is -2.17. The van der Waals surface area contributed by atoms with Gasteiger partial charge in [0.25, 0.3) is 0 Å². The van der Waals surface area contributed by atoms with Crippen LogP contribution < -0.4 is 0 Å². The van der Waals surface area contributed by atoms with Gasteiger partial charge in [-0.05, 0) is 29.8 Å². The molecule has 0 heterocycles. The molecule has 0 aliphatic carbocycles. The Balaban J connectivity index is 1.84. The normalized spacial score (nSPS) is 13.6.